The smallest absolute Gasteiger partial charge is 0.257 e. The lowest BCUT2D eigenvalue weighted by Crippen LogP contribution is -2.15. The predicted octanol–water partition coefficient (Wildman–Crippen LogP) is 2.69. The SMILES string of the molecule is O=Cc1ccccc1C(=O)Nc1ncnc2ccccc12. The first kappa shape index (κ1) is 12.9. The maximum absolute atomic E-state index is 12.3. The molecular weight excluding hydrogens is 266 g/mol. The van der Waals surface area contributed by atoms with Crippen LogP contribution in [0.2, 0.25) is 0 Å². The lowest BCUT2D eigenvalue weighted by molar-refractivity contribution is 0.101. The minimum atomic E-state index is -0.374. The average Bonchev–Trinajstić information content (AvgIpc) is 2.55. The number of aromatic nitrogens is 2. The molecule has 1 N–H and O–H groups in total. The quantitative estimate of drug-likeness (QED) is 0.747. The summed E-state index contributed by atoms with van der Waals surface area (Å²) in [7, 11) is 0. The van der Waals surface area contributed by atoms with Gasteiger partial charge in [0.15, 0.2) is 6.29 Å². The predicted molar refractivity (Wildman–Crippen MR) is 79.3 cm³/mol. The topological polar surface area (TPSA) is 72.0 Å². The van der Waals surface area contributed by atoms with Gasteiger partial charge in [0.25, 0.3) is 5.91 Å². The number of amides is 1. The molecule has 21 heavy (non-hydrogen) atoms. The van der Waals surface area contributed by atoms with E-state index in [9.17, 15) is 9.59 Å². The average molecular weight is 277 g/mol. The van der Waals surface area contributed by atoms with Crippen molar-refractivity contribution < 1.29 is 9.59 Å². The van der Waals surface area contributed by atoms with Gasteiger partial charge in [-0.25, -0.2) is 9.97 Å². The summed E-state index contributed by atoms with van der Waals surface area (Å²) in [6.45, 7) is 0. The van der Waals surface area contributed by atoms with E-state index >= 15 is 0 Å². The van der Waals surface area contributed by atoms with Gasteiger partial charge in [-0.05, 0) is 18.2 Å². The van der Waals surface area contributed by atoms with Crippen LogP contribution < -0.4 is 5.32 Å². The molecule has 0 aliphatic rings. The molecule has 1 heterocycles. The van der Waals surface area contributed by atoms with E-state index in [1.165, 1.54) is 6.33 Å². The van der Waals surface area contributed by atoms with Gasteiger partial charge in [-0.3, -0.25) is 9.59 Å². The van der Waals surface area contributed by atoms with Crippen molar-refractivity contribution in [1.82, 2.24) is 9.97 Å². The zero-order valence-corrected chi connectivity index (χ0v) is 11.0. The third kappa shape index (κ3) is 2.49. The van der Waals surface area contributed by atoms with Crippen molar-refractivity contribution in [3.8, 4) is 0 Å². The molecule has 2 aromatic carbocycles. The fourth-order valence-corrected chi connectivity index (χ4v) is 2.09. The largest absolute Gasteiger partial charge is 0.306 e. The van der Waals surface area contributed by atoms with E-state index in [0.29, 0.717) is 23.2 Å². The molecule has 1 amide bonds. The van der Waals surface area contributed by atoms with E-state index in [2.05, 4.69) is 15.3 Å². The molecule has 0 saturated heterocycles. The number of carbonyl (C=O) groups is 2. The molecule has 0 radical (unpaired) electrons. The summed E-state index contributed by atoms with van der Waals surface area (Å²) < 4.78 is 0. The third-order valence-electron chi connectivity index (χ3n) is 3.11. The molecule has 102 valence electrons. The first-order chi connectivity index (χ1) is 10.3. The summed E-state index contributed by atoms with van der Waals surface area (Å²) in [5.41, 5.74) is 1.40. The van der Waals surface area contributed by atoms with Gasteiger partial charge in [0, 0.05) is 10.9 Å². The Labute approximate surface area is 120 Å². The van der Waals surface area contributed by atoms with Crippen LogP contribution in [0.1, 0.15) is 20.7 Å². The van der Waals surface area contributed by atoms with Crippen LogP contribution in [0.5, 0.6) is 0 Å². The second kappa shape index (κ2) is 5.50. The molecule has 0 saturated carbocycles. The van der Waals surface area contributed by atoms with Crippen molar-refractivity contribution in [2.45, 2.75) is 0 Å². The first-order valence-electron chi connectivity index (χ1n) is 6.35. The molecule has 0 unspecified atom stereocenters. The van der Waals surface area contributed by atoms with E-state index in [1.807, 2.05) is 24.3 Å². The van der Waals surface area contributed by atoms with Crippen LogP contribution in [-0.4, -0.2) is 22.2 Å². The molecular formula is C16H11N3O2. The normalized spacial score (nSPS) is 10.3. The Morgan fingerprint density at radius 2 is 1.76 bits per heavy atom. The number of nitrogens with one attached hydrogen (secondary N) is 1. The highest BCUT2D eigenvalue weighted by Gasteiger charge is 2.12. The van der Waals surface area contributed by atoms with Gasteiger partial charge in [0.1, 0.15) is 12.1 Å². The highest BCUT2D eigenvalue weighted by atomic mass is 16.2. The van der Waals surface area contributed by atoms with E-state index in [-0.39, 0.29) is 5.91 Å². The summed E-state index contributed by atoms with van der Waals surface area (Å²) in [6, 6.07) is 14.0. The standard InChI is InChI=1S/C16H11N3O2/c20-9-11-5-1-2-6-12(11)16(21)19-15-13-7-3-4-8-14(13)17-10-18-15/h1-10H,(H,17,18,19,21). The summed E-state index contributed by atoms with van der Waals surface area (Å²) in [5, 5.41) is 3.47. The molecule has 0 fully saturated rings. The minimum absolute atomic E-state index is 0.315. The van der Waals surface area contributed by atoms with Gasteiger partial charge in [0.05, 0.1) is 11.1 Å². The number of rotatable bonds is 3. The Bertz CT molecular complexity index is 825. The summed E-state index contributed by atoms with van der Waals surface area (Å²) in [5.74, 6) is 0.0489. The van der Waals surface area contributed by atoms with Crippen LogP contribution in [0.3, 0.4) is 0 Å². The van der Waals surface area contributed by atoms with Crippen molar-refractivity contribution in [2.75, 3.05) is 5.32 Å². The molecule has 3 aromatic rings. The number of aldehydes is 1. The van der Waals surface area contributed by atoms with E-state index in [1.54, 1.807) is 24.3 Å². The van der Waals surface area contributed by atoms with Crippen molar-refractivity contribution >= 4 is 28.9 Å². The maximum Gasteiger partial charge on any atom is 0.257 e. The lowest BCUT2D eigenvalue weighted by atomic mass is 10.1. The van der Waals surface area contributed by atoms with Gasteiger partial charge in [-0.2, -0.15) is 0 Å². The molecule has 3 rings (SSSR count). The van der Waals surface area contributed by atoms with Gasteiger partial charge in [-0.15, -0.1) is 0 Å². The molecule has 5 heteroatoms. The van der Waals surface area contributed by atoms with Gasteiger partial charge < -0.3 is 5.32 Å². The molecule has 0 aliphatic heterocycles. The Balaban J connectivity index is 1.99. The lowest BCUT2D eigenvalue weighted by Gasteiger charge is -2.08. The molecule has 0 aliphatic carbocycles. The Morgan fingerprint density at radius 1 is 1.00 bits per heavy atom. The van der Waals surface area contributed by atoms with Crippen molar-refractivity contribution in [3.63, 3.8) is 0 Å². The Hall–Kier alpha value is -3.08. The second-order valence-corrected chi connectivity index (χ2v) is 4.40. The summed E-state index contributed by atoms with van der Waals surface area (Å²) in [6.07, 6.45) is 2.05. The summed E-state index contributed by atoms with van der Waals surface area (Å²) >= 11 is 0. The van der Waals surface area contributed by atoms with Crippen LogP contribution in [0.25, 0.3) is 10.9 Å². The number of hydrogen-bond donors (Lipinski definition) is 1. The number of anilines is 1. The molecule has 0 atom stereocenters. The van der Waals surface area contributed by atoms with Gasteiger partial charge >= 0.3 is 0 Å². The second-order valence-electron chi connectivity index (χ2n) is 4.40. The Kier molecular flexibility index (Phi) is 3.39. The van der Waals surface area contributed by atoms with Gasteiger partial charge in [-0.1, -0.05) is 30.3 Å². The van der Waals surface area contributed by atoms with Crippen LogP contribution in [0, 0.1) is 0 Å². The van der Waals surface area contributed by atoms with E-state index < -0.39 is 0 Å². The zero-order valence-electron chi connectivity index (χ0n) is 11.0. The fourth-order valence-electron chi connectivity index (χ4n) is 2.09. The number of benzene rings is 2. The summed E-state index contributed by atoms with van der Waals surface area (Å²) in [4.78, 5) is 31.5. The molecule has 5 nitrogen and oxygen atoms in total. The minimum Gasteiger partial charge on any atom is -0.306 e. The van der Waals surface area contributed by atoms with Crippen molar-refractivity contribution in [3.05, 3.63) is 66.0 Å². The monoisotopic (exact) mass is 277 g/mol. The number of para-hydroxylation sites is 1. The third-order valence-corrected chi connectivity index (χ3v) is 3.11. The highest BCUT2D eigenvalue weighted by Crippen LogP contribution is 2.19. The van der Waals surface area contributed by atoms with Crippen LogP contribution >= 0.6 is 0 Å². The number of fused-ring (bicyclic) bond motifs is 1. The molecule has 0 spiro atoms. The highest BCUT2D eigenvalue weighted by molar-refractivity contribution is 6.10. The number of hydrogen-bond acceptors (Lipinski definition) is 4. The number of nitrogens with zero attached hydrogens (tertiary/aromatic N) is 2. The first-order valence-corrected chi connectivity index (χ1v) is 6.35. The molecule has 0 bridgehead atoms. The van der Waals surface area contributed by atoms with E-state index in [4.69, 9.17) is 0 Å². The van der Waals surface area contributed by atoms with Crippen LogP contribution in [0.15, 0.2) is 54.9 Å². The Morgan fingerprint density at radius 3 is 2.62 bits per heavy atom. The van der Waals surface area contributed by atoms with Gasteiger partial charge in [0.2, 0.25) is 0 Å². The number of carbonyl (C=O) groups excluding carboxylic acids is 2. The van der Waals surface area contributed by atoms with E-state index in [0.717, 1.165) is 10.9 Å². The van der Waals surface area contributed by atoms with Crippen molar-refractivity contribution in [2.24, 2.45) is 0 Å². The maximum atomic E-state index is 12.3. The molecule has 1 aromatic heterocycles. The van der Waals surface area contributed by atoms with Crippen LogP contribution in [-0.2, 0) is 0 Å². The van der Waals surface area contributed by atoms with Crippen LogP contribution in [0.4, 0.5) is 5.82 Å². The van der Waals surface area contributed by atoms with Crippen molar-refractivity contribution in [1.29, 1.82) is 0 Å². The fraction of sp³-hybridized carbons (Fsp3) is 0. The zero-order chi connectivity index (χ0) is 14.7.